The van der Waals surface area contributed by atoms with Gasteiger partial charge in [-0.15, -0.1) is 0 Å². The van der Waals surface area contributed by atoms with Gasteiger partial charge in [0.25, 0.3) is 0 Å². The molecule has 1 heterocycles. The molecule has 4 heteroatoms. The Morgan fingerprint density at radius 3 is 2.79 bits per heavy atom. The van der Waals surface area contributed by atoms with Gasteiger partial charge in [-0.25, -0.2) is 4.39 Å². The molecule has 1 aliphatic rings. The third-order valence-corrected chi connectivity index (χ3v) is 3.95. The van der Waals surface area contributed by atoms with E-state index in [1.807, 2.05) is 13.0 Å². The van der Waals surface area contributed by atoms with Crippen molar-refractivity contribution in [2.24, 2.45) is 5.73 Å². The van der Waals surface area contributed by atoms with Gasteiger partial charge in [0.1, 0.15) is 5.82 Å². The van der Waals surface area contributed by atoms with Crippen LogP contribution in [0.1, 0.15) is 31.4 Å². The quantitative estimate of drug-likeness (QED) is 0.910. The lowest BCUT2D eigenvalue weighted by Gasteiger charge is -2.38. The summed E-state index contributed by atoms with van der Waals surface area (Å²) in [7, 11) is 4.21. The molecule has 3 nitrogen and oxygen atoms in total. The van der Waals surface area contributed by atoms with Gasteiger partial charge >= 0.3 is 0 Å². The summed E-state index contributed by atoms with van der Waals surface area (Å²) in [6.07, 6.45) is 2.34. The summed E-state index contributed by atoms with van der Waals surface area (Å²) in [5.41, 5.74) is 7.54. The Balaban J connectivity index is 2.28. The molecule has 1 saturated heterocycles. The van der Waals surface area contributed by atoms with Crippen LogP contribution in [-0.2, 0) is 0 Å². The van der Waals surface area contributed by atoms with Crippen LogP contribution in [0, 0.1) is 5.82 Å². The first-order chi connectivity index (χ1) is 9.00. The van der Waals surface area contributed by atoms with Crippen molar-refractivity contribution in [2.45, 2.75) is 31.8 Å². The molecular weight excluding hydrogens is 241 g/mol. The normalized spacial score (nSPS) is 21.8. The number of hydrogen-bond donors (Lipinski definition) is 1. The number of nitrogens with two attached hydrogens (primary N) is 1. The predicted molar refractivity (Wildman–Crippen MR) is 77.9 cm³/mol. The van der Waals surface area contributed by atoms with Crippen LogP contribution in [0.5, 0.6) is 0 Å². The van der Waals surface area contributed by atoms with Crippen molar-refractivity contribution in [3.63, 3.8) is 0 Å². The molecule has 2 atom stereocenters. The molecule has 0 bridgehead atoms. The predicted octanol–water partition coefficient (Wildman–Crippen LogP) is 2.38. The van der Waals surface area contributed by atoms with Crippen molar-refractivity contribution in [3.8, 4) is 0 Å². The minimum absolute atomic E-state index is 0.195. The van der Waals surface area contributed by atoms with Gasteiger partial charge in [0.05, 0.1) is 0 Å². The first-order valence-electron chi connectivity index (χ1n) is 6.96. The molecule has 0 aliphatic carbocycles. The van der Waals surface area contributed by atoms with Crippen LogP contribution in [0.2, 0.25) is 0 Å². The third kappa shape index (κ3) is 3.07. The average molecular weight is 265 g/mol. The van der Waals surface area contributed by atoms with Crippen LogP contribution in [-0.4, -0.2) is 38.1 Å². The summed E-state index contributed by atoms with van der Waals surface area (Å²) < 4.78 is 14.0. The number of hydrogen-bond acceptors (Lipinski definition) is 3. The first kappa shape index (κ1) is 14.3. The van der Waals surface area contributed by atoms with E-state index in [2.05, 4.69) is 23.9 Å². The highest BCUT2D eigenvalue weighted by molar-refractivity contribution is 5.56. The molecule has 0 radical (unpaired) electrons. The fourth-order valence-electron chi connectivity index (χ4n) is 2.85. The van der Waals surface area contributed by atoms with E-state index >= 15 is 0 Å². The topological polar surface area (TPSA) is 32.5 Å². The number of piperidine rings is 1. The lowest BCUT2D eigenvalue weighted by molar-refractivity contribution is 0.258. The highest BCUT2D eigenvalue weighted by Gasteiger charge is 2.24. The molecule has 0 spiro atoms. The molecule has 1 aromatic carbocycles. The maximum Gasteiger partial charge on any atom is 0.130 e. The van der Waals surface area contributed by atoms with Gasteiger partial charge in [-0.2, -0.15) is 0 Å². The fraction of sp³-hybridized carbons (Fsp3) is 0.600. The molecule has 19 heavy (non-hydrogen) atoms. The van der Waals surface area contributed by atoms with Gasteiger partial charge in [0.2, 0.25) is 0 Å². The van der Waals surface area contributed by atoms with E-state index in [0.29, 0.717) is 11.6 Å². The van der Waals surface area contributed by atoms with E-state index in [0.717, 1.165) is 25.2 Å². The maximum absolute atomic E-state index is 14.0. The molecule has 106 valence electrons. The number of anilines is 1. The van der Waals surface area contributed by atoms with Gasteiger partial charge in [0, 0.05) is 36.4 Å². The molecule has 2 rings (SSSR count). The zero-order valence-corrected chi connectivity index (χ0v) is 12.1. The molecule has 1 aromatic rings. The third-order valence-electron chi connectivity index (χ3n) is 3.95. The largest absolute Gasteiger partial charge is 0.370 e. The maximum atomic E-state index is 14.0. The van der Waals surface area contributed by atoms with Crippen molar-refractivity contribution in [1.82, 2.24) is 4.90 Å². The van der Waals surface area contributed by atoms with Gasteiger partial charge < -0.3 is 15.5 Å². The van der Waals surface area contributed by atoms with Gasteiger partial charge in [0.15, 0.2) is 0 Å². The monoisotopic (exact) mass is 265 g/mol. The van der Waals surface area contributed by atoms with Gasteiger partial charge in [-0.3, -0.25) is 0 Å². The SMILES string of the molecule is C[C@H](N)c1c(F)cccc1N1CCCC(N(C)C)C1. The van der Waals surface area contributed by atoms with Crippen LogP contribution in [0.3, 0.4) is 0 Å². The lowest BCUT2D eigenvalue weighted by atomic mass is 10.00. The Morgan fingerprint density at radius 1 is 1.42 bits per heavy atom. The van der Waals surface area contributed by atoms with E-state index in [-0.39, 0.29) is 11.9 Å². The molecule has 0 amide bonds. The molecule has 2 N–H and O–H groups in total. The molecule has 1 unspecified atom stereocenters. The summed E-state index contributed by atoms with van der Waals surface area (Å²) in [6, 6.07) is 5.50. The van der Waals surface area contributed by atoms with Crippen molar-refractivity contribution in [2.75, 3.05) is 32.1 Å². The van der Waals surface area contributed by atoms with Gasteiger partial charge in [-0.1, -0.05) is 6.07 Å². The molecule has 1 aliphatic heterocycles. The molecule has 1 fully saturated rings. The van der Waals surface area contributed by atoms with E-state index in [1.165, 1.54) is 12.5 Å². The number of rotatable bonds is 3. The van der Waals surface area contributed by atoms with E-state index < -0.39 is 0 Å². The lowest BCUT2D eigenvalue weighted by Crippen LogP contribution is -2.45. The summed E-state index contributed by atoms with van der Waals surface area (Å²) in [6.45, 7) is 3.76. The Morgan fingerprint density at radius 2 is 2.16 bits per heavy atom. The minimum atomic E-state index is -0.282. The second-order valence-corrected chi connectivity index (χ2v) is 5.67. The first-order valence-corrected chi connectivity index (χ1v) is 6.96. The highest BCUT2D eigenvalue weighted by Crippen LogP contribution is 2.30. The van der Waals surface area contributed by atoms with Crippen molar-refractivity contribution < 1.29 is 4.39 Å². The Kier molecular flexibility index (Phi) is 4.42. The van der Waals surface area contributed by atoms with E-state index in [1.54, 1.807) is 6.07 Å². The second-order valence-electron chi connectivity index (χ2n) is 5.67. The highest BCUT2D eigenvalue weighted by atomic mass is 19.1. The van der Waals surface area contributed by atoms with Crippen LogP contribution < -0.4 is 10.6 Å². The van der Waals surface area contributed by atoms with Crippen molar-refractivity contribution in [1.29, 1.82) is 0 Å². The molecule has 0 aromatic heterocycles. The number of nitrogens with zero attached hydrogens (tertiary/aromatic N) is 2. The van der Waals surface area contributed by atoms with Crippen molar-refractivity contribution in [3.05, 3.63) is 29.6 Å². The molecular formula is C15H24FN3. The van der Waals surface area contributed by atoms with Crippen LogP contribution in [0.25, 0.3) is 0 Å². The molecule has 0 saturated carbocycles. The minimum Gasteiger partial charge on any atom is -0.370 e. The van der Waals surface area contributed by atoms with Crippen LogP contribution in [0.4, 0.5) is 10.1 Å². The van der Waals surface area contributed by atoms with Crippen LogP contribution in [0.15, 0.2) is 18.2 Å². The summed E-state index contributed by atoms with van der Waals surface area (Å²) >= 11 is 0. The van der Waals surface area contributed by atoms with Gasteiger partial charge in [-0.05, 0) is 46.0 Å². The van der Waals surface area contributed by atoms with Crippen LogP contribution >= 0.6 is 0 Å². The second kappa shape index (κ2) is 5.88. The Bertz CT molecular complexity index is 431. The number of benzene rings is 1. The zero-order chi connectivity index (χ0) is 14.0. The summed E-state index contributed by atoms with van der Waals surface area (Å²) in [4.78, 5) is 4.52. The zero-order valence-electron chi connectivity index (χ0n) is 12.1. The fourth-order valence-corrected chi connectivity index (χ4v) is 2.85. The average Bonchev–Trinajstić information content (AvgIpc) is 2.38. The Labute approximate surface area is 115 Å². The summed E-state index contributed by atoms with van der Waals surface area (Å²) in [5, 5.41) is 0. The van der Waals surface area contributed by atoms with Crippen molar-refractivity contribution >= 4 is 5.69 Å². The van der Waals surface area contributed by atoms with E-state index in [4.69, 9.17) is 5.73 Å². The summed E-state index contributed by atoms with van der Waals surface area (Å²) in [5.74, 6) is -0.195. The number of likely N-dealkylation sites (N-methyl/N-ethyl adjacent to an activating group) is 1. The number of halogens is 1. The standard InChI is InChI=1S/C15H24FN3/c1-11(17)15-13(16)7-4-8-14(15)19-9-5-6-12(10-19)18(2)3/h4,7-8,11-12H,5-6,9-10,17H2,1-3H3/t11-,12?/m0/s1. The smallest absolute Gasteiger partial charge is 0.130 e. The Hall–Kier alpha value is -1.13. The van der Waals surface area contributed by atoms with E-state index in [9.17, 15) is 4.39 Å².